The smallest absolute Gasteiger partial charge is 0.280 e. The topological polar surface area (TPSA) is 66.1 Å². The summed E-state index contributed by atoms with van der Waals surface area (Å²) in [5, 5.41) is 0.682. The van der Waals surface area contributed by atoms with Gasteiger partial charge in [0.2, 0.25) is 0 Å². The predicted molar refractivity (Wildman–Crippen MR) is 109 cm³/mol. The number of amides is 1. The van der Waals surface area contributed by atoms with Gasteiger partial charge in [-0.15, -0.1) is 0 Å². The molecule has 0 spiro atoms. The number of hydrogen-bond acceptors (Lipinski definition) is 3. The molecular weight excluding hydrogens is 430 g/mol. The number of nitrogens with one attached hydrogen (secondary N) is 1. The molecule has 1 atom stereocenters. The molecule has 1 amide bonds. The zero-order valence-corrected chi connectivity index (χ0v) is 16.8. The van der Waals surface area contributed by atoms with Crippen molar-refractivity contribution in [2.45, 2.75) is 25.3 Å². The van der Waals surface area contributed by atoms with Crippen molar-refractivity contribution < 1.29 is 4.79 Å². The lowest BCUT2D eigenvalue weighted by atomic mass is 10.0. The molecule has 1 unspecified atom stereocenters. The summed E-state index contributed by atoms with van der Waals surface area (Å²) in [5.74, 6) is -0.317. The van der Waals surface area contributed by atoms with Gasteiger partial charge in [-0.05, 0) is 55.2 Å². The first-order chi connectivity index (χ1) is 13.0. The van der Waals surface area contributed by atoms with Crippen LogP contribution >= 0.6 is 27.5 Å². The van der Waals surface area contributed by atoms with Gasteiger partial charge in [0, 0.05) is 22.1 Å². The lowest BCUT2D eigenvalue weighted by molar-refractivity contribution is 0.0729. The minimum Gasteiger partial charge on any atom is -0.334 e. The third-order valence-corrected chi connectivity index (χ3v) is 5.58. The van der Waals surface area contributed by atoms with E-state index in [-0.39, 0.29) is 17.6 Å². The van der Waals surface area contributed by atoms with Crippen molar-refractivity contribution >= 4 is 44.5 Å². The number of hydrogen-bond donors (Lipinski definition) is 1. The van der Waals surface area contributed by atoms with Gasteiger partial charge in [-0.1, -0.05) is 39.7 Å². The number of halogens is 2. The van der Waals surface area contributed by atoms with Crippen molar-refractivity contribution in [1.29, 1.82) is 0 Å². The molecule has 0 aliphatic carbocycles. The summed E-state index contributed by atoms with van der Waals surface area (Å²) in [7, 11) is 0. The molecule has 0 saturated carbocycles. The molecule has 2 heterocycles. The van der Waals surface area contributed by atoms with Crippen LogP contribution in [0, 0.1) is 0 Å². The number of rotatable bonds is 3. The minimum atomic E-state index is -0.455. The largest absolute Gasteiger partial charge is 0.334 e. The second-order valence-electron chi connectivity index (χ2n) is 6.70. The minimum absolute atomic E-state index is 0.0374. The molecule has 27 heavy (non-hydrogen) atoms. The summed E-state index contributed by atoms with van der Waals surface area (Å²) in [6.45, 7) is 0.627. The van der Waals surface area contributed by atoms with Gasteiger partial charge in [0.05, 0.1) is 11.0 Å². The number of carbonyl (C=O) groups is 1. The van der Waals surface area contributed by atoms with Crippen molar-refractivity contribution in [2.75, 3.05) is 6.54 Å². The second kappa shape index (κ2) is 7.44. The third-order valence-electron chi connectivity index (χ3n) is 4.86. The highest BCUT2D eigenvalue weighted by Crippen LogP contribution is 2.24. The Hall–Kier alpha value is -2.18. The van der Waals surface area contributed by atoms with Crippen LogP contribution in [0.15, 0.2) is 51.7 Å². The average molecular weight is 447 g/mol. The summed E-state index contributed by atoms with van der Waals surface area (Å²) in [6.07, 6.45) is 2.52. The van der Waals surface area contributed by atoms with Gasteiger partial charge in [-0.2, -0.15) is 0 Å². The zero-order valence-electron chi connectivity index (χ0n) is 14.4. The van der Waals surface area contributed by atoms with Gasteiger partial charge >= 0.3 is 0 Å². The van der Waals surface area contributed by atoms with Gasteiger partial charge in [-0.3, -0.25) is 9.59 Å². The molecule has 0 radical (unpaired) electrons. The van der Waals surface area contributed by atoms with Crippen LogP contribution < -0.4 is 5.56 Å². The number of nitrogens with zero attached hydrogens (tertiary/aromatic N) is 2. The normalized spacial score (nSPS) is 16.8. The Morgan fingerprint density at radius 3 is 2.96 bits per heavy atom. The van der Waals surface area contributed by atoms with Crippen LogP contribution in [-0.4, -0.2) is 33.4 Å². The highest BCUT2D eigenvalue weighted by Gasteiger charge is 2.31. The number of aromatic nitrogens is 2. The zero-order chi connectivity index (χ0) is 19.0. The van der Waals surface area contributed by atoms with Crippen LogP contribution in [0.2, 0.25) is 5.02 Å². The fraction of sp³-hybridized carbons (Fsp3) is 0.250. The predicted octanol–water partition coefficient (Wildman–Crippen LogP) is 4.19. The van der Waals surface area contributed by atoms with Crippen molar-refractivity contribution in [3.05, 3.63) is 73.6 Å². The summed E-state index contributed by atoms with van der Waals surface area (Å²) >= 11 is 9.47. The Labute approximate surface area is 169 Å². The lowest BCUT2D eigenvalue weighted by Gasteiger charge is -2.24. The Morgan fingerprint density at radius 1 is 1.30 bits per heavy atom. The van der Waals surface area contributed by atoms with Gasteiger partial charge in [0.1, 0.15) is 0 Å². The van der Waals surface area contributed by atoms with E-state index in [2.05, 4.69) is 25.9 Å². The number of carbonyl (C=O) groups excluding carboxylic acids is 1. The van der Waals surface area contributed by atoms with Crippen molar-refractivity contribution in [1.82, 2.24) is 14.9 Å². The van der Waals surface area contributed by atoms with E-state index in [1.807, 2.05) is 30.3 Å². The molecule has 2 aromatic carbocycles. The summed E-state index contributed by atoms with van der Waals surface area (Å²) < 4.78 is 0.841. The fourth-order valence-electron chi connectivity index (χ4n) is 3.59. The molecule has 1 saturated heterocycles. The van der Waals surface area contributed by atoms with E-state index in [4.69, 9.17) is 11.6 Å². The van der Waals surface area contributed by atoms with Crippen molar-refractivity contribution in [3.63, 3.8) is 0 Å². The first-order valence-electron chi connectivity index (χ1n) is 8.76. The maximum Gasteiger partial charge on any atom is 0.280 e. The van der Waals surface area contributed by atoms with E-state index in [1.165, 1.54) is 0 Å². The van der Waals surface area contributed by atoms with E-state index in [0.29, 0.717) is 29.0 Å². The molecule has 0 bridgehead atoms. The molecule has 1 aliphatic heterocycles. The van der Waals surface area contributed by atoms with Crippen LogP contribution in [0.4, 0.5) is 0 Å². The Kier molecular flexibility index (Phi) is 5.02. The summed E-state index contributed by atoms with van der Waals surface area (Å²) in [4.78, 5) is 34.4. The number of fused-ring (bicyclic) bond motifs is 1. The average Bonchev–Trinajstić information content (AvgIpc) is 3.09. The summed E-state index contributed by atoms with van der Waals surface area (Å²) in [5.41, 5.74) is 1.76. The molecule has 7 heteroatoms. The van der Waals surface area contributed by atoms with Gasteiger partial charge in [0.15, 0.2) is 5.69 Å². The first kappa shape index (κ1) is 18.2. The van der Waals surface area contributed by atoms with Crippen LogP contribution in [-0.2, 0) is 6.42 Å². The molecule has 138 valence electrons. The van der Waals surface area contributed by atoms with Crippen molar-refractivity contribution in [3.8, 4) is 0 Å². The molecule has 4 rings (SSSR count). The molecule has 1 fully saturated rings. The number of likely N-dealkylation sites (tertiary alicyclic amines) is 1. The third kappa shape index (κ3) is 3.77. The number of benzene rings is 2. The molecular formula is C20H17BrClN3O2. The number of H-pyrrole nitrogens is 1. The monoisotopic (exact) mass is 445 g/mol. The quantitative estimate of drug-likeness (QED) is 0.656. The molecule has 1 aliphatic rings. The maximum atomic E-state index is 13.1. The highest BCUT2D eigenvalue weighted by atomic mass is 79.9. The van der Waals surface area contributed by atoms with Crippen LogP contribution in [0.3, 0.4) is 0 Å². The van der Waals surface area contributed by atoms with Gasteiger partial charge in [-0.25, -0.2) is 4.98 Å². The van der Waals surface area contributed by atoms with Crippen LogP contribution in [0.1, 0.15) is 28.9 Å². The van der Waals surface area contributed by atoms with E-state index in [0.717, 1.165) is 22.9 Å². The molecule has 1 N–H and O–H groups in total. The Morgan fingerprint density at radius 2 is 2.15 bits per heavy atom. The van der Waals surface area contributed by atoms with Crippen LogP contribution in [0.25, 0.3) is 11.0 Å². The van der Waals surface area contributed by atoms with E-state index >= 15 is 0 Å². The van der Waals surface area contributed by atoms with Gasteiger partial charge in [0.25, 0.3) is 11.5 Å². The standard InChI is InChI=1S/C20H17BrClN3O2/c21-13-6-7-16-17(11-13)23-18(19(26)24-16)20(27)25-8-2-5-15(25)10-12-3-1-4-14(22)9-12/h1,3-4,6-7,9,11,15H,2,5,8,10H2,(H,24,26). The van der Waals surface area contributed by atoms with Crippen molar-refractivity contribution in [2.24, 2.45) is 0 Å². The lowest BCUT2D eigenvalue weighted by Crippen LogP contribution is -2.40. The van der Waals surface area contributed by atoms with Crippen LogP contribution in [0.5, 0.6) is 0 Å². The molecule has 3 aromatic rings. The number of aromatic amines is 1. The molecule has 1 aromatic heterocycles. The highest BCUT2D eigenvalue weighted by molar-refractivity contribution is 9.10. The SMILES string of the molecule is O=C(c1nc2cc(Br)ccc2[nH]c1=O)N1CCCC1Cc1cccc(Cl)c1. The van der Waals surface area contributed by atoms with E-state index in [9.17, 15) is 9.59 Å². The Bertz CT molecular complexity index is 1080. The molecule has 5 nitrogen and oxygen atoms in total. The fourth-order valence-corrected chi connectivity index (χ4v) is 4.15. The second-order valence-corrected chi connectivity index (χ2v) is 8.06. The summed E-state index contributed by atoms with van der Waals surface area (Å²) in [6, 6.07) is 13.1. The van der Waals surface area contributed by atoms with Gasteiger partial charge < -0.3 is 9.88 Å². The first-order valence-corrected chi connectivity index (χ1v) is 9.93. The van der Waals surface area contributed by atoms with E-state index < -0.39 is 5.56 Å². The maximum absolute atomic E-state index is 13.1. The van der Waals surface area contributed by atoms with E-state index in [1.54, 1.807) is 17.0 Å². The Balaban J connectivity index is 1.64.